The number of benzene rings is 1. The van der Waals surface area contributed by atoms with E-state index in [4.69, 9.17) is 0 Å². The second-order valence-electron chi connectivity index (χ2n) is 5.26. The molecule has 0 amide bonds. The molecule has 0 N–H and O–H groups in total. The molecule has 0 radical (unpaired) electrons. The van der Waals surface area contributed by atoms with Crippen molar-refractivity contribution in [3.63, 3.8) is 0 Å². The number of rotatable bonds is 3. The maximum Gasteiger partial charge on any atom is 0.214 e. The van der Waals surface area contributed by atoms with Gasteiger partial charge in [0.1, 0.15) is 0 Å². The van der Waals surface area contributed by atoms with Gasteiger partial charge in [0.15, 0.2) is 5.78 Å². The SMILES string of the molecule is O=C(CN1CCCS1(=O)=O)c1ccc2c(c1)CCC2. The molecule has 1 aliphatic heterocycles. The van der Waals surface area contributed by atoms with Gasteiger partial charge in [0.2, 0.25) is 10.0 Å². The Morgan fingerprint density at radius 2 is 1.95 bits per heavy atom. The second kappa shape index (κ2) is 4.72. The maximum atomic E-state index is 12.2. The molecule has 0 unspecified atom stereocenters. The number of nitrogens with zero attached hydrogens (tertiary/aromatic N) is 1. The molecule has 0 spiro atoms. The Balaban J connectivity index is 1.78. The van der Waals surface area contributed by atoms with Gasteiger partial charge in [0.05, 0.1) is 12.3 Å². The smallest absolute Gasteiger partial charge is 0.214 e. The second-order valence-corrected chi connectivity index (χ2v) is 7.35. The minimum Gasteiger partial charge on any atom is -0.293 e. The molecule has 5 heteroatoms. The van der Waals surface area contributed by atoms with Crippen LogP contribution < -0.4 is 0 Å². The van der Waals surface area contributed by atoms with Crippen LogP contribution in [-0.2, 0) is 22.9 Å². The van der Waals surface area contributed by atoms with Crippen molar-refractivity contribution in [3.8, 4) is 0 Å². The van der Waals surface area contributed by atoms with E-state index in [1.165, 1.54) is 15.4 Å². The summed E-state index contributed by atoms with van der Waals surface area (Å²) in [7, 11) is -3.19. The molecule has 0 aromatic heterocycles. The zero-order chi connectivity index (χ0) is 13.5. The largest absolute Gasteiger partial charge is 0.293 e. The van der Waals surface area contributed by atoms with Gasteiger partial charge in [0, 0.05) is 12.1 Å². The van der Waals surface area contributed by atoms with Crippen molar-refractivity contribution >= 4 is 15.8 Å². The standard InChI is InChI=1S/C14H17NO3S/c16-14(10-15-7-2-8-19(15,17)18)13-6-5-11-3-1-4-12(11)9-13/h5-6,9H,1-4,7-8,10H2. The van der Waals surface area contributed by atoms with Crippen molar-refractivity contribution < 1.29 is 13.2 Å². The van der Waals surface area contributed by atoms with Gasteiger partial charge in [-0.1, -0.05) is 12.1 Å². The van der Waals surface area contributed by atoms with Crippen molar-refractivity contribution in [1.82, 2.24) is 4.31 Å². The Kier molecular flexibility index (Phi) is 3.19. The number of fused-ring (bicyclic) bond motifs is 1. The zero-order valence-corrected chi connectivity index (χ0v) is 11.6. The lowest BCUT2D eigenvalue weighted by Gasteiger charge is -2.13. The molecule has 0 bridgehead atoms. The third kappa shape index (κ3) is 2.44. The van der Waals surface area contributed by atoms with Crippen LogP contribution in [0.15, 0.2) is 18.2 Å². The van der Waals surface area contributed by atoms with Gasteiger partial charge in [0.25, 0.3) is 0 Å². The highest BCUT2D eigenvalue weighted by molar-refractivity contribution is 7.89. The van der Waals surface area contributed by atoms with Crippen LogP contribution in [0.5, 0.6) is 0 Å². The van der Waals surface area contributed by atoms with Crippen LogP contribution in [0.2, 0.25) is 0 Å². The first-order chi connectivity index (χ1) is 9.06. The first kappa shape index (κ1) is 12.8. The highest BCUT2D eigenvalue weighted by atomic mass is 32.2. The third-order valence-electron chi connectivity index (χ3n) is 3.94. The van der Waals surface area contributed by atoms with Crippen molar-refractivity contribution in [2.24, 2.45) is 0 Å². The number of carbonyl (C=O) groups is 1. The molecule has 4 nitrogen and oxygen atoms in total. The minimum atomic E-state index is -3.19. The van der Waals surface area contributed by atoms with Crippen LogP contribution in [0.4, 0.5) is 0 Å². The highest BCUT2D eigenvalue weighted by Gasteiger charge is 2.30. The number of hydrogen-bond acceptors (Lipinski definition) is 3. The van der Waals surface area contributed by atoms with Gasteiger partial charge in [-0.3, -0.25) is 4.79 Å². The first-order valence-electron chi connectivity index (χ1n) is 6.69. The number of hydrogen-bond donors (Lipinski definition) is 0. The van der Waals surface area contributed by atoms with E-state index in [1.807, 2.05) is 18.2 Å². The average molecular weight is 279 g/mol. The molecule has 1 fully saturated rings. The predicted molar refractivity (Wildman–Crippen MR) is 72.8 cm³/mol. The van der Waals surface area contributed by atoms with Gasteiger partial charge in [-0.05, 0) is 42.9 Å². The maximum absolute atomic E-state index is 12.2. The van der Waals surface area contributed by atoms with Crippen LogP contribution in [0.1, 0.15) is 34.3 Å². The van der Waals surface area contributed by atoms with E-state index in [1.54, 1.807) is 0 Å². The number of ketones is 1. The molecule has 102 valence electrons. The molecule has 0 atom stereocenters. The molecular weight excluding hydrogens is 262 g/mol. The van der Waals surface area contributed by atoms with Gasteiger partial charge < -0.3 is 0 Å². The van der Waals surface area contributed by atoms with E-state index in [9.17, 15) is 13.2 Å². The molecule has 1 aromatic rings. The van der Waals surface area contributed by atoms with E-state index in [0.717, 1.165) is 19.3 Å². The fourth-order valence-corrected chi connectivity index (χ4v) is 4.34. The summed E-state index contributed by atoms with van der Waals surface area (Å²) < 4.78 is 24.7. The predicted octanol–water partition coefficient (Wildman–Crippen LogP) is 1.39. The zero-order valence-electron chi connectivity index (χ0n) is 10.8. The lowest BCUT2D eigenvalue weighted by atomic mass is 10.0. The Labute approximate surface area is 113 Å². The quantitative estimate of drug-likeness (QED) is 0.786. The van der Waals surface area contributed by atoms with Crippen molar-refractivity contribution in [2.45, 2.75) is 25.7 Å². The lowest BCUT2D eigenvalue weighted by molar-refractivity contribution is 0.0969. The van der Waals surface area contributed by atoms with Gasteiger partial charge in [-0.15, -0.1) is 0 Å². The lowest BCUT2D eigenvalue weighted by Crippen LogP contribution is -2.31. The Hall–Kier alpha value is -1.20. The van der Waals surface area contributed by atoms with Crippen LogP contribution in [0.25, 0.3) is 0 Å². The van der Waals surface area contributed by atoms with Crippen LogP contribution >= 0.6 is 0 Å². The fraction of sp³-hybridized carbons (Fsp3) is 0.500. The van der Waals surface area contributed by atoms with E-state index in [-0.39, 0.29) is 18.1 Å². The van der Waals surface area contributed by atoms with Crippen LogP contribution in [0, 0.1) is 0 Å². The van der Waals surface area contributed by atoms with Gasteiger partial charge in [-0.25, -0.2) is 8.42 Å². The molecule has 3 rings (SSSR count). The monoisotopic (exact) mass is 279 g/mol. The van der Waals surface area contributed by atoms with E-state index in [2.05, 4.69) is 0 Å². The fourth-order valence-electron chi connectivity index (χ4n) is 2.87. The van der Waals surface area contributed by atoms with Crippen LogP contribution in [-0.4, -0.2) is 37.3 Å². The average Bonchev–Trinajstić information content (AvgIpc) is 2.95. The summed E-state index contributed by atoms with van der Waals surface area (Å²) in [5, 5.41) is 0. The van der Waals surface area contributed by atoms with E-state index < -0.39 is 10.0 Å². The first-order valence-corrected chi connectivity index (χ1v) is 8.30. The Bertz CT molecular complexity index is 622. The summed E-state index contributed by atoms with van der Waals surface area (Å²) in [6.45, 7) is 0.458. The third-order valence-corrected chi connectivity index (χ3v) is 5.85. The summed E-state index contributed by atoms with van der Waals surface area (Å²) in [6.07, 6.45) is 3.88. The summed E-state index contributed by atoms with van der Waals surface area (Å²) in [4.78, 5) is 12.2. The molecule has 1 heterocycles. The Morgan fingerprint density at radius 3 is 2.68 bits per heavy atom. The van der Waals surface area contributed by atoms with Crippen molar-refractivity contribution in [1.29, 1.82) is 0 Å². The highest BCUT2D eigenvalue weighted by Crippen LogP contribution is 2.23. The van der Waals surface area contributed by atoms with Crippen molar-refractivity contribution in [3.05, 3.63) is 34.9 Å². The molecule has 1 saturated heterocycles. The molecular formula is C14H17NO3S. The number of sulfonamides is 1. The van der Waals surface area contributed by atoms with Gasteiger partial charge >= 0.3 is 0 Å². The minimum absolute atomic E-state index is 0.0128. The Morgan fingerprint density at radius 1 is 1.16 bits per heavy atom. The number of carbonyl (C=O) groups excluding carboxylic acids is 1. The molecule has 1 aromatic carbocycles. The summed E-state index contributed by atoms with van der Waals surface area (Å²) in [6, 6.07) is 5.77. The van der Waals surface area contributed by atoms with Crippen LogP contribution in [0.3, 0.4) is 0 Å². The van der Waals surface area contributed by atoms with Gasteiger partial charge in [-0.2, -0.15) is 4.31 Å². The normalized spacial score (nSPS) is 21.5. The molecule has 0 saturated carbocycles. The van der Waals surface area contributed by atoms with E-state index in [0.29, 0.717) is 18.5 Å². The summed E-state index contributed by atoms with van der Waals surface area (Å²) >= 11 is 0. The number of aryl methyl sites for hydroxylation is 2. The van der Waals surface area contributed by atoms with Crippen molar-refractivity contribution in [2.75, 3.05) is 18.8 Å². The molecule has 1 aliphatic carbocycles. The topological polar surface area (TPSA) is 54.5 Å². The molecule has 2 aliphatic rings. The molecule has 19 heavy (non-hydrogen) atoms. The number of Topliss-reactive ketones (excluding diaryl/α,β-unsaturated/α-hetero) is 1. The summed E-state index contributed by atoms with van der Waals surface area (Å²) in [5.74, 6) is 0.0740. The van der Waals surface area contributed by atoms with E-state index >= 15 is 0 Å². The summed E-state index contributed by atoms with van der Waals surface area (Å²) in [5.41, 5.74) is 3.21.